The second-order valence-corrected chi connectivity index (χ2v) is 10.1. The smallest absolute Gasteiger partial charge is 0.379 e. The number of halogens is 3. The molecule has 2 aliphatic rings. The van der Waals surface area contributed by atoms with Gasteiger partial charge in [0.2, 0.25) is 22.1 Å². The number of nitrogens with zero attached hydrogens (tertiary/aromatic N) is 4. The molecule has 9 nitrogen and oxygen atoms in total. The van der Waals surface area contributed by atoms with E-state index in [2.05, 4.69) is 10.1 Å². The summed E-state index contributed by atoms with van der Waals surface area (Å²) in [7, 11) is -3.71. The van der Waals surface area contributed by atoms with Gasteiger partial charge in [-0.15, -0.1) is 0 Å². The zero-order chi connectivity index (χ0) is 26.1. The number of aryl methyl sites for hydroxylation is 1. The summed E-state index contributed by atoms with van der Waals surface area (Å²) in [5.41, 5.74) is 5.70. The number of morpholine rings is 1. The van der Waals surface area contributed by atoms with Gasteiger partial charge >= 0.3 is 6.18 Å². The van der Waals surface area contributed by atoms with Gasteiger partial charge in [-0.2, -0.15) is 22.5 Å². The fraction of sp³-hybridized carbons (Fsp3) is 0.304. The average Bonchev–Trinajstić information content (AvgIpc) is 3.31. The van der Waals surface area contributed by atoms with Crippen LogP contribution >= 0.6 is 0 Å². The summed E-state index contributed by atoms with van der Waals surface area (Å²) >= 11 is 0. The van der Waals surface area contributed by atoms with Crippen molar-refractivity contribution >= 4 is 27.3 Å². The van der Waals surface area contributed by atoms with Crippen molar-refractivity contribution < 1.29 is 35.8 Å². The number of alkyl halides is 3. The third kappa shape index (κ3) is 5.53. The maximum atomic E-state index is 13.2. The zero-order valence-corrected chi connectivity index (χ0v) is 20.0. The minimum Gasteiger partial charge on any atom is -0.379 e. The molecule has 2 aromatic carbocycles. The number of nitrogens with two attached hydrogens (primary N) is 1. The number of ether oxygens (including phenoxy) is 1. The summed E-state index contributed by atoms with van der Waals surface area (Å²) in [6, 6.07) is 9.20. The Kier molecular flexibility index (Phi) is 7.07. The van der Waals surface area contributed by atoms with Gasteiger partial charge in [0.15, 0.2) is 0 Å². The first kappa shape index (κ1) is 25.7. The molecule has 0 unspecified atom stereocenters. The molecule has 0 bridgehead atoms. The number of hydrogen-bond donors (Lipinski definition) is 1. The first-order chi connectivity index (χ1) is 16.9. The molecule has 1 saturated heterocycles. The van der Waals surface area contributed by atoms with Gasteiger partial charge in [0.1, 0.15) is 5.57 Å². The Hall–Kier alpha value is -3.42. The van der Waals surface area contributed by atoms with Crippen LogP contribution in [-0.2, 0) is 25.7 Å². The molecular weight excluding hydrogens is 499 g/mol. The van der Waals surface area contributed by atoms with Crippen LogP contribution < -0.4 is 5.73 Å². The number of amides is 1. The highest BCUT2D eigenvalue weighted by atomic mass is 32.2. The van der Waals surface area contributed by atoms with Crippen molar-refractivity contribution in [2.24, 2.45) is 15.8 Å². The normalized spacial score (nSPS) is 17.6. The van der Waals surface area contributed by atoms with Crippen molar-refractivity contribution in [3.8, 4) is 0 Å². The van der Waals surface area contributed by atoms with E-state index in [-0.39, 0.29) is 41.6 Å². The second-order valence-electron chi connectivity index (χ2n) is 8.20. The first-order valence-corrected chi connectivity index (χ1v) is 12.3. The lowest BCUT2D eigenvalue weighted by molar-refractivity contribution is -0.512. The molecule has 0 saturated carbocycles. The Balaban J connectivity index is 1.59. The molecule has 0 radical (unpaired) electrons. The number of sulfonamides is 1. The molecule has 0 aromatic heterocycles. The highest BCUT2D eigenvalue weighted by Crippen LogP contribution is 2.31. The molecule has 0 atom stereocenters. The van der Waals surface area contributed by atoms with E-state index >= 15 is 0 Å². The SMILES string of the molecule is Cc1cc(C2=NC[N+](/C=C(/C(N)=O)c3ccc(S(=O)(=O)N4CCOCC4)cc3)=N2)cc(C(F)(F)F)c1. The van der Waals surface area contributed by atoms with E-state index in [0.29, 0.717) is 24.3 Å². The Labute approximate surface area is 205 Å². The maximum Gasteiger partial charge on any atom is 0.416 e. The molecule has 0 aliphatic carbocycles. The summed E-state index contributed by atoms with van der Waals surface area (Å²) < 4.78 is 73.0. The average molecular weight is 523 g/mol. The molecule has 2 aliphatic heterocycles. The van der Waals surface area contributed by atoms with Gasteiger partial charge in [0.05, 0.1) is 23.7 Å². The maximum absolute atomic E-state index is 13.2. The molecule has 2 N–H and O–H groups in total. The summed E-state index contributed by atoms with van der Waals surface area (Å²) in [6.07, 6.45) is -3.19. The number of aliphatic imine (C=N–C) groups is 1. The fourth-order valence-electron chi connectivity index (χ4n) is 3.79. The van der Waals surface area contributed by atoms with E-state index in [4.69, 9.17) is 10.5 Å². The van der Waals surface area contributed by atoms with Crippen molar-refractivity contribution in [1.29, 1.82) is 0 Å². The first-order valence-electron chi connectivity index (χ1n) is 10.9. The Morgan fingerprint density at radius 2 is 1.81 bits per heavy atom. The quantitative estimate of drug-likeness (QED) is 0.464. The molecule has 0 spiro atoms. The van der Waals surface area contributed by atoms with Crippen molar-refractivity contribution in [3.63, 3.8) is 0 Å². The number of rotatable bonds is 6. The second kappa shape index (κ2) is 9.91. The van der Waals surface area contributed by atoms with Crippen LogP contribution in [0, 0.1) is 6.92 Å². The van der Waals surface area contributed by atoms with Gasteiger partial charge in [0, 0.05) is 23.8 Å². The van der Waals surface area contributed by atoms with Crippen molar-refractivity contribution in [2.45, 2.75) is 18.0 Å². The third-order valence-corrected chi connectivity index (χ3v) is 7.48. The van der Waals surface area contributed by atoms with Crippen molar-refractivity contribution in [2.75, 3.05) is 33.0 Å². The number of primary amides is 1. The molecule has 1 amide bonds. The van der Waals surface area contributed by atoms with Crippen LogP contribution in [0.2, 0.25) is 0 Å². The monoisotopic (exact) mass is 522 g/mol. The van der Waals surface area contributed by atoms with Crippen LogP contribution in [0.5, 0.6) is 0 Å². The molecule has 190 valence electrons. The largest absolute Gasteiger partial charge is 0.416 e. The predicted molar refractivity (Wildman–Crippen MR) is 123 cm³/mol. The summed E-state index contributed by atoms with van der Waals surface area (Å²) in [5, 5.41) is 4.21. The van der Waals surface area contributed by atoms with Gasteiger partial charge in [0.25, 0.3) is 12.6 Å². The van der Waals surface area contributed by atoms with E-state index in [0.717, 1.165) is 12.1 Å². The molecule has 1 fully saturated rings. The van der Waals surface area contributed by atoms with Crippen LogP contribution in [0.3, 0.4) is 0 Å². The van der Waals surface area contributed by atoms with E-state index in [1.807, 2.05) is 0 Å². The minimum atomic E-state index is -4.51. The highest BCUT2D eigenvalue weighted by molar-refractivity contribution is 7.89. The standard InChI is InChI=1S/C23H22F3N5O4S/c1-15-10-17(12-18(11-15)23(24,25)26)22-28-14-30(29-22)13-20(21(27)32)16-2-4-19(5-3-16)36(33,34)31-6-8-35-9-7-31/h2-5,10-13H,6-9,14H2,1H3,(H-,27,32)/p+1/b20-13+. The van der Waals surface area contributed by atoms with Crippen molar-refractivity contribution in [1.82, 2.24) is 4.31 Å². The molecule has 4 rings (SSSR count). The number of carbonyl (C=O) groups excluding carboxylic acids is 1. The number of carbonyl (C=O) groups is 1. The topological polar surface area (TPSA) is 117 Å². The van der Waals surface area contributed by atoms with Gasteiger partial charge in [-0.3, -0.25) is 4.79 Å². The molecule has 2 aromatic rings. The van der Waals surface area contributed by atoms with Gasteiger partial charge in [-0.05, 0) is 48.4 Å². The van der Waals surface area contributed by atoms with Crippen LogP contribution in [0.1, 0.15) is 22.3 Å². The lowest BCUT2D eigenvalue weighted by Crippen LogP contribution is -2.40. The highest BCUT2D eigenvalue weighted by Gasteiger charge is 2.32. The van der Waals surface area contributed by atoms with Crippen LogP contribution in [0.25, 0.3) is 5.57 Å². The summed E-state index contributed by atoms with van der Waals surface area (Å²) in [5.74, 6) is -0.714. The number of amidine groups is 1. The lowest BCUT2D eigenvalue weighted by Gasteiger charge is -2.26. The number of azo groups is 2. The van der Waals surface area contributed by atoms with Crippen LogP contribution in [-0.4, -0.2) is 62.1 Å². The third-order valence-electron chi connectivity index (χ3n) is 5.57. The molecule has 36 heavy (non-hydrogen) atoms. The molecule has 2 heterocycles. The molecular formula is C23H23F3N5O4S+. The number of hydrogen-bond acceptors (Lipinski definition) is 6. The fourth-order valence-corrected chi connectivity index (χ4v) is 5.20. The van der Waals surface area contributed by atoms with Crippen LogP contribution in [0.15, 0.2) is 63.7 Å². The number of benzene rings is 2. The summed E-state index contributed by atoms with van der Waals surface area (Å²) in [6.45, 7) is 2.64. The Morgan fingerprint density at radius 3 is 2.42 bits per heavy atom. The van der Waals surface area contributed by atoms with Gasteiger partial charge in [-0.25, -0.2) is 8.42 Å². The van der Waals surface area contributed by atoms with E-state index in [1.54, 1.807) is 6.92 Å². The van der Waals surface area contributed by atoms with E-state index < -0.39 is 27.7 Å². The molecule has 13 heteroatoms. The van der Waals surface area contributed by atoms with Gasteiger partial charge < -0.3 is 10.5 Å². The minimum absolute atomic E-state index is 0.0331. The van der Waals surface area contributed by atoms with Crippen molar-refractivity contribution in [3.05, 3.63) is 70.9 Å². The lowest BCUT2D eigenvalue weighted by atomic mass is 10.1. The Bertz CT molecular complexity index is 1380. The van der Waals surface area contributed by atoms with E-state index in [9.17, 15) is 26.4 Å². The Morgan fingerprint density at radius 1 is 1.14 bits per heavy atom. The van der Waals surface area contributed by atoms with Gasteiger partial charge in [-0.1, -0.05) is 16.8 Å². The van der Waals surface area contributed by atoms with Crippen LogP contribution in [0.4, 0.5) is 13.2 Å². The van der Waals surface area contributed by atoms with E-state index in [1.165, 1.54) is 45.5 Å². The summed E-state index contributed by atoms with van der Waals surface area (Å²) in [4.78, 5) is 16.4. The zero-order valence-electron chi connectivity index (χ0n) is 19.2. The predicted octanol–water partition coefficient (Wildman–Crippen LogP) is 2.74.